The van der Waals surface area contributed by atoms with E-state index in [1.807, 2.05) is 12.1 Å². The predicted octanol–water partition coefficient (Wildman–Crippen LogP) is 3.01. The molecule has 0 atom stereocenters. The summed E-state index contributed by atoms with van der Waals surface area (Å²) < 4.78 is 0. The molecule has 0 aliphatic rings. The van der Waals surface area contributed by atoms with Gasteiger partial charge in [0.05, 0.1) is 10.6 Å². The number of nitrogens with one attached hydrogen (secondary N) is 1. The van der Waals surface area contributed by atoms with Gasteiger partial charge in [0.25, 0.3) is 5.69 Å². The van der Waals surface area contributed by atoms with Crippen LogP contribution in [0.15, 0.2) is 53.6 Å². The highest BCUT2D eigenvalue weighted by Crippen LogP contribution is 2.23. The molecule has 2 aromatic carbocycles. The van der Waals surface area contributed by atoms with E-state index in [-0.39, 0.29) is 5.69 Å². The molecule has 0 aliphatic heterocycles. The minimum Gasteiger partial charge on any atom is -0.399 e. The van der Waals surface area contributed by atoms with Gasteiger partial charge in [-0.1, -0.05) is 24.3 Å². The zero-order valence-electron chi connectivity index (χ0n) is 10.9. The molecule has 0 aromatic heterocycles. The number of nitro groups is 1. The number of nitro benzene ring substituents is 1. The Kier molecular flexibility index (Phi) is 3.95. The number of hydrogen-bond donors (Lipinski definition) is 2. The molecule has 0 amide bonds. The first kappa shape index (κ1) is 13.5. The highest BCUT2D eigenvalue weighted by atomic mass is 16.6. The van der Waals surface area contributed by atoms with Crippen molar-refractivity contribution in [3.05, 3.63) is 64.2 Å². The molecular formula is C14H14N4O2. The molecule has 6 nitrogen and oxygen atoms in total. The molecule has 3 N–H and O–H groups in total. The summed E-state index contributed by atoms with van der Waals surface area (Å²) in [6.45, 7) is 1.80. The smallest absolute Gasteiger partial charge is 0.294 e. The van der Waals surface area contributed by atoms with Gasteiger partial charge in [-0.05, 0) is 30.7 Å². The monoisotopic (exact) mass is 270 g/mol. The van der Waals surface area contributed by atoms with Crippen molar-refractivity contribution in [2.24, 2.45) is 5.10 Å². The molecule has 0 bridgehead atoms. The zero-order chi connectivity index (χ0) is 14.5. The fraction of sp³-hybridized carbons (Fsp3) is 0.0714. The maximum atomic E-state index is 10.9. The van der Waals surface area contributed by atoms with E-state index in [1.54, 1.807) is 37.3 Å². The van der Waals surface area contributed by atoms with Crippen molar-refractivity contribution >= 4 is 22.8 Å². The maximum absolute atomic E-state index is 10.9. The zero-order valence-corrected chi connectivity index (χ0v) is 10.9. The minimum atomic E-state index is -0.451. The molecule has 6 heteroatoms. The average Bonchev–Trinajstić information content (AvgIpc) is 2.45. The third kappa shape index (κ3) is 3.11. The Bertz CT molecular complexity index is 668. The van der Waals surface area contributed by atoms with Crippen LogP contribution in [0, 0.1) is 10.1 Å². The number of benzene rings is 2. The number of rotatable bonds is 4. The van der Waals surface area contributed by atoms with E-state index in [2.05, 4.69) is 10.5 Å². The molecular weight excluding hydrogens is 256 g/mol. The number of nitrogens with zero attached hydrogens (tertiary/aromatic N) is 2. The summed E-state index contributed by atoms with van der Waals surface area (Å²) in [5.74, 6) is 0. The molecule has 0 aliphatic carbocycles. The van der Waals surface area contributed by atoms with E-state index in [1.165, 1.54) is 6.07 Å². The number of hydrazone groups is 1. The summed E-state index contributed by atoms with van der Waals surface area (Å²) in [6, 6.07) is 13.6. The fourth-order valence-electron chi connectivity index (χ4n) is 1.70. The molecule has 102 valence electrons. The van der Waals surface area contributed by atoms with Crippen LogP contribution in [0.4, 0.5) is 17.1 Å². The van der Waals surface area contributed by atoms with Crippen molar-refractivity contribution < 1.29 is 4.92 Å². The molecule has 0 saturated heterocycles. The van der Waals surface area contributed by atoms with Crippen molar-refractivity contribution in [2.75, 3.05) is 11.2 Å². The third-order valence-corrected chi connectivity index (χ3v) is 2.75. The SMILES string of the molecule is C/C(=N\Nc1ccccc1[N+](=O)[O-])c1cccc(N)c1. The van der Waals surface area contributed by atoms with Crippen LogP contribution in [0.5, 0.6) is 0 Å². The molecule has 2 rings (SSSR count). The van der Waals surface area contributed by atoms with Gasteiger partial charge in [0.15, 0.2) is 0 Å². The second-order valence-electron chi connectivity index (χ2n) is 4.21. The molecule has 20 heavy (non-hydrogen) atoms. The molecule has 0 radical (unpaired) electrons. The van der Waals surface area contributed by atoms with Crippen LogP contribution in [0.2, 0.25) is 0 Å². The summed E-state index contributed by atoms with van der Waals surface area (Å²) in [5.41, 5.74) is 10.9. The molecule has 2 aromatic rings. The normalized spacial score (nSPS) is 11.2. The number of hydrogen-bond acceptors (Lipinski definition) is 5. The van der Waals surface area contributed by atoms with Crippen LogP contribution in [0.1, 0.15) is 12.5 Å². The largest absolute Gasteiger partial charge is 0.399 e. The summed E-state index contributed by atoms with van der Waals surface area (Å²) in [7, 11) is 0. The van der Waals surface area contributed by atoms with Crippen molar-refractivity contribution in [1.29, 1.82) is 0 Å². The Morgan fingerprint density at radius 3 is 2.70 bits per heavy atom. The topological polar surface area (TPSA) is 93.5 Å². The molecule has 0 spiro atoms. The highest BCUT2D eigenvalue weighted by molar-refractivity contribution is 5.99. The Morgan fingerprint density at radius 2 is 2.00 bits per heavy atom. The van der Waals surface area contributed by atoms with Gasteiger partial charge in [-0.2, -0.15) is 5.10 Å². The summed E-state index contributed by atoms with van der Waals surface area (Å²) in [4.78, 5) is 10.4. The van der Waals surface area contributed by atoms with Gasteiger partial charge in [-0.3, -0.25) is 15.5 Å². The standard InChI is InChI=1S/C14H14N4O2/c1-10(11-5-4-6-12(15)9-11)16-17-13-7-2-3-8-14(13)18(19)20/h2-9,17H,15H2,1H3/b16-10+. The number of para-hydroxylation sites is 2. The van der Waals surface area contributed by atoms with E-state index >= 15 is 0 Å². The van der Waals surface area contributed by atoms with Gasteiger partial charge in [0.2, 0.25) is 0 Å². The van der Waals surface area contributed by atoms with Crippen LogP contribution in [0.3, 0.4) is 0 Å². The first-order chi connectivity index (χ1) is 9.58. The van der Waals surface area contributed by atoms with Gasteiger partial charge in [0, 0.05) is 11.8 Å². The molecule has 0 unspecified atom stereocenters. The van der Waals surface area contributed by atoms with Gasteiger partial charge in [-0.15, -0.1) is 0 Å². The Hall–Kier alpha value is -2.89. The van der Waals surface area contributed by atoms with Gasteiger partial charge in [0.1, 0.15) is 5.69 Å². The van der Waals surface area contributed by atoms with Gasteiger partial charge >= 0.3 is 0 Å². The summed E-state index contributed by atoms with van der Waals surface area (Å²) >= 11 is 0. The lowest BCUT2D eigenvalue weighted by Crippen LogP contribution is -2.02. The first-order valence-corrected chi connectivity index (χ1v) is 5.97. The van der Waals surface area contributed by atoms with Crippen LogP contribution in [0.25, 0.3) is 0 Å². The van der Waals surface area contributed by atoms with Crippen LogP contribution >= 0.6 is 0 Å². The second kappa shape index (κ2) is 5.83. The lowest BCUT2D eigenvalue weighted by Gasteiger charge is -2.05. The second-order valence-corrected chi connectivity index (χ2v) is 4.21. The number of anilines is 2. The van der Waals surface area contributed by atoms with Crippen molar-refractivity contribution in [3.63, 3.8) is 0 Å². The van der Waals surface area contributed by atoms with Gasteiger partial charge < -0.3 is 5.73 Å². The quantitative estimate of drug-likeness (QED) is 0.386. The van der Waals surface area contributed by atoms with Crippen LogP contribution in [-0.4, -0.2) is 10.6 Å². The molecule has 0 heterocycles. The third-order valence-electron chi connectivity index (χ3n) is 2.75. The maximum Gasteiger partial charge on any atom is 0.294 e. The van der Waals surface area contributed by atoms with E-state index in [0.717, 1.165) is 5.56 Å². The lowest BCUT2D eigenvalue weighted by atomic mass is 10.1. The Morgan fingerprint density at radius 1 is 1.25 bits per heavy atom. The van der Waals surface area contributed by atoms with Gasteiger partial charge in [-0.25, -0.2) is 0 Å². The van der Waals surface area contributed by atoms with Crippen molar-refractivity contribution in [1.82, 2.24) is 0 Å². The minimum absolute atomic E-state index is 0.0170. The fourth-order valence-corrected chi connectivity index (χ4v) is 1.70. The predicted molar refractivity (Wildman–Crippen MR) is 79.8 cm³/mol. The van der Waals surface area contributed by atoms with Crippen molar-refractivity contribution in [3.8, 4) is 0 Å². The van der Waals surface area contributed by atoms with E-state index in [4.69, 9.17) is 5.73 Å². The van der Waals surface area contributed by atoms with E-state index in [0.29, 0.717) is 17.1 Å². The number of nitrogens with two attached hydrogens (primary N) is 1. The Balaban J connectivity index is 2.23. The summed E-state index contributed by atoms with van der Waals surface area (Å²) in [6.07, 6.45) is 0. The van der Waals surface area contributed by atoms with Crippen molar-refractivity contribution in [2.45, 2.75) is 6.92 Å². The Labute approximate surface area is 116 Å². The molecule has 0 fully saturated rings. The van der Waals surface area contributed by atoms with E-state index in [9.17, 15) is 10.1 Å². The number of nitrogen functional groups attached to an aromatic ring is 1. The highest BCUT2D eigenvalue weighted by Gasteiger charge is 2.11. The van der Waals surface area contributed by atoms with E-state index < -0.39 is 4.92 Å². The average molecular weight is 270 g/mol. The van der Waals surface area contributed by atoms with Crippen LogP contribution < -0.4 is 11.2 Å². The van der Waals surface area contributed by atoms with Crippen LogP contribution in [-0.2, 0) is 0 Å². The first-order valence-electron chi connectivity index (χ1n) is 5.97. The lowest BCUT2D eigenvalue weighted by molar-refractivity contribution is -0.384. The molecule has 0 saturated carbocycles. The summed E-state index contributed by atoms with van der Waals surface area (Å²) in [5, 5.41) is 15.0.